The molecule has 1 aromatic carbocycles. The van der Waals surface area contributed by atoms with E-state index in [2.05, 4.69) is 6.58 Å². The number of allylic oxidation sites excluding steroid dienone is 2. The molecule has 1 aromatic rings. The van der Waals surface area contributed by atoms with Gasteiger partial charge in [-0.15, -0.1) is 0 Å². The number of carbonyl (C=O) groups is 4. The van der Waals surface area contributed by atoms with Crippen molar-refractivity contribution in [3.05, 3.63) is 71.3 Å². The molecule has 2 aliphatic rings. The summed E-state index contributed by atoms with van der Waals surface area (Å²) in [5.74, 6) is -2.31. The summed E-state index contributed by atoms with van der Waals surface area (Å²) in [6.45, 7) is 12.9. The molecule has 0 unspecified atom stereocenters. The second-order valence-electron chi connectivity index (χ2n) is 10.4. The molecule has 5 atom stereocenters. The average molecular weight is 495 g/mol. The van der Waals surface area contributed by atoms with E-state index in [1.54, 1.807) is 49.4 Å². The van der Waals surface area contributed by atoms with E-state index in [-0.39, 0.29) is 34.5 Å². The van der Waals surface area contributed by atoms with Crippen molar-refractivity contribution in [1.29, 1.82) is 0 Å². The Hall–Kier alpha value is -3.48. The number of esters is 2. The molecule has 0 saturated heterocycles. The number of ether oxygens (including phenoxy) is 2. The number of aliphatic carboxylic acids is 1. The van der Waals surface area contributed by atoms with Crippen LogP contribution in [0.5, 0.6) is 0 Å². The van der Waals surface area contributed by atoms with Crippen LogP contribution in [0.15, 0.2) is 65.8 Å². The largest absolute Gasteiger partial charge is 0.478 e. The van der Waals surface area contributed by atoms with Crippen molar-refractivity contribution >= 4 is 23.7 Å². The fourth-order valence-corrected chi connectivity index (χ4v) is 4.96. The Morgan fingerprint density at radius 3 is 2.33 bits per heavy atom. The molecule has 192 valence electrons. The minimum Gasteiger partial charge on any atom is -0.478 e. The highest BCUT2D eigenvalue weighted by Crippen LogP contribution is 2.62. The Kier molecular flexibility index (Phi) is 8.02. The number of Topliss-reactive ketones (excluding diaryl/α,β-unsaturated/α-hetero) is 1. The van der Waals surface area contributed by atoms with E-state index >= 15 is 0 Å². The third kappa shape index (κ3) is 6.01. The first-order valence-electron chi connectivity index (χ1n) is 12.1. The maximum atomic E-state index is 13.0. The van der Waals surface area contributed by atoms with E-state index in [4.69, 9.17) is 9.47 Å². The van der Waals surface area contributed by atoms with Crippen LogP contribution in [-0.2, 0) is 23.9 Å². The summed E-state index contributed by atoms with van der Waals surface area (Å²) < 4.78 is 11.5. The predicted molar refractivity (Wildman–Crippen MR) is 134 cm³/mol. The standard InChI is InChI=1S/C29H34O7/c1-16-12-21(24(31)13-16)26(35-19(4)30)18(3)25(36-28(34)20-10-8-7-9-11-20)15-23-22(29(23,5)6)14-17(2)27(32)33/h7-12,14,16,22-23,25-26H,3,13,15H2,1-2,4-6H3,(H,32,33)/b17-14+/t16-,22-,23+,25-,26+/m0/s1. The normalized spacial score (nSPS) is 24.4. The van der Waals surface area contributed by atoms with Crippen molar-refractivity contribution in [3.63, 3.8) is 0 Å². The van der Waals surface area contributed by atoms with Gasteiger partial charge in [0.15, 0.2) is 11.9 Å². The van der Waals surface area contributed by atoms with E-state index in [0.717, 1.165) is 0 Å². The molecule has 1 fully saturated rings. The molecule has 0 aromatic heterocycles. The highest BCUT2D eigenvalue weighted by atomic mass is 16.6. The van der Waals surface area contributed by atoms with Gasteiger partial charge < -0.3 is 14.6 Å². The van der Waals surface area contributed by atoms with Crippen molar-refractivity contribution in [2.45, 2.75) is 59.7 Å². The Balaban J connectivity index is 1.93. The molecule has 0 spiro atoms. The Bertz CT molecular complexity index is 1130. The van der Waals surface area contributed by atoms with E-state index in [9.17, 15) is 24.3 Å². The summed E-state index contributed by atoms with van der Waals surface area (Å²) in [6, 6.07) is 8.52. The van der Waals surface area contributed by atoms with Gasteiger partial charge in [-0.1, -0.05) is 57.7 Å². The van der Waals surface area contributed by atoms with Gasteiger partial charge in [-0.3, -0.25) is 9.59 Å². The van der Waals surface area contributed by atoms with Crippen LogP contribution in [-0.4, -0.2) is 41.0 Å². The van der Waals surface area contributed by atoms with Crippen LogP contribution in [0.2, 0.25) is 0 Å². The first kappa shape index (κ1) is 27.1. The molecular weight excluding hydrogens is 460 g/mol. The van der Waals surface area contributed by atoms with Crippen molar-refractivity contribution in [2.75, 3.05) is 0 Å². The third-order valence-electron chi connectivity index (χ3n) is 7.24. The third-order valence-corrected chi connectivity index (χ3v) is 7.24. The minimum atomic E-state index is -1.04. The van der Waals surface area contributed by atoms with E-state index in [1.807, 2.05) is 20.8 Å². The fraction of sp³-hybridized carbons (Fsp3) is 0.448. The lowest BCUT2D eigenvalue weighted by molar-refractivity contribution is -0.144. The summed E-state index contributed by atoms with van der Waals surface area (Å²) in [5, 5.41) is 9.32. The van der Waals surface area contributed by atoms with Gasteiger partial charge in [0.2, 0.25) is 0 Å². The van der Waals surface area contributed by atoms with Crippen molar-refractivity contribution < 1.29 is 33.8 Å². The van der Waals surface area contributed by atoms with Crippen LogP contribution < -0.4 is 0 Å². The summed E-state index contributed by atoms with van der Waals surface area (Å²) in [7, 11) is 0. The summed E-state index contributed by atoms with van der Waals surface area (Å²) >= 11 is 0. The summed E-state index contributed by atoms with van der Waals surface area (Å²) in [5.41, 5.74) is 1.03. The molecule has 0 amide bonds. The molecule has 1 saturated carbocycles. The molecule has 0 aliphatic heterocycles. The highest BCUT2D eigenvalue weighted by molar-refractivity contribution is 6.00. The van der Waals surface area contributed by atoms with Crippen LogP contribution in [0.1, 0.15) is 57.8 Å². The van der Waals surface area contributed by atoms with Crippen LogP contribution in [0.4, 0.5) is 0 Å². The molecule has 7 nitrogen and oxygen atoms in total. The minimum absolute atomic E-state index is 0.000413. The molecule has 0 heterocycles. The Morgan fingerprint density at radius 1 is 1.17 bits per heavy atom. The molecule has 1 N–H and O–H groups in total. The lowest BCUT2D eigenvalue weighted by Gasteiger charge is -2.27. The van der Waals surface area contributed by atoms with Crippen molar-refractivity contribution in [1.82, 2.24) is 0 Å². The van der Waals surface area contributed by atoms with Crippen LogP contribution in [0.25, 0.3) is 0 Å². The highest BCUT2D eigenvalue weighted by Gasteiger charge is 2.57. The van der Waals surface area contributed by atoms with Gasteiger partial charge in [-0.2, -0.15) is 0 Å². The quantitative estimate of drug-likeness (QED) is 0.279. The van der Waals surface area contributed by atoms with Crippen LogP contribution in [0.3, 0.4) is 0 Å². The second-order valence-corrected chi connectivity index (χ2v) is 10.4. The molecule has 7 heteroatoms. The lowest BCUT2D eigenvalue weighted by Crippen LogP contribution is -2.33. The first-order valence-corrected chi connectivity index (χ1v) is 12.1. The molecule has 3 rings (SSSR count). The van der Waals surface area contributed by atoms with Gasteiger partial charge in [0.05, 0.1) is 5.56 Å². The van der Waals surface area contributed by atoms with Gasteiger partial charge in [-0.05, 0) is 48.6 Å². The number of carbonyl (C=O) groups excluding carboxylic acids is 3. The zero-order valence-corrected chi connectivity index (χ0v) is 21.4. The summed E-state index contributed by atoms with van der Waals surface area (Å²) in [6.07, 6.45) is 2.27. The first-order chi connectivity index (χ1) is 16.8. The summed E-state index contributed by atoms with van der Waals surface area (Å²) in [4.78, 5) is 49.0. The fourth-order valence-electron chi connectivity index (χ4n) is 4.96. The molecule has 36 heavy (non-hydrogen) atoms. The van der Waals surface area contributed by atoms with E-state index in [1.165, 1.54) is 6.92 Å². The number of carboxylic acids is 1. The monoisotopic (exact) mass is 494 g/mol. The van der Waals surface area contributed by atoms with Gasteiger partial charge in [0.25, 0.3) is 0 Å². The SMILES string of the molecule is C=C([C@@H](OC(C)=O)C1=C[C@H](C)CC1=O)[C@H](C[C@@H]1[C@H](/C=C(\C)C(=O)O)C1(C)C)OC(=O)c1ccccc1. The molecule has 2 aliphatic carbocycles. The van der Waals surface area contributed by atoms with Crippen molar-refractivity contribution in [2.24, 2.45) is 23.2 Å². The molecular formula is C29H34O7. The number of carboxylic acid groups (broad SMARTS) is 1. The van der Waals surface area contributed by atoms with Gasteiger partial charge in [-0.25, -0.2) is 9.59 Å². The van der Waals surface area contributed by atoms with Crippen LogP contribution in [0, 0.1) is 23.2 Å². The Morgan fingerprint density at radius 2 is 1.81 bits per heavy atom. The predicted octanol–water partition coefficient (Wildman–Crippen LogP) is 4.93. The van der Waals surface area contributed by atoms with Gasteiger partial charge in [0.1, 0.15) is 6.10 Å². The van der Waals surface area contributed by atoms with E-state index < -0.39 is 30.1 Å². The van der Waals surface area contributed by atoms with Crippen LogP contribution >= 0.6 is 0 Å². The maximum absolute atomic E-state index is 13.0. The van der Waals surface area contributed by atoms with Gasteiger partial charge in [0, 0.05) is 30.1 Å². The van der Waals surface area contributed by atoms with Gasteiger partial charge >= 0.3 is 17.9 Å². The number of ketones is 1. The molecule has 0 radical (unpaired) electrons. The zero-order valence-electron chi connectivity index (χ0n) is 21.4. The Labute approximate surface area is 211 Å². The average Bonchev–Trinajstić information content (AvgIpc) is 3.12. The molecule has 0 bridgehead atoms. The maximum Gasteiger partial charge on any atom is 0.338 e. The van der Waals surface area contributed by atoms with E-state index in [0.29, 0.717) is 29.6 Å². The number of benzene rings is 1. The number of hydrogen-bond donors (Lipinski definition) is 1. The zero-order chi connectivity index (χ0) is 26.8. The topological polar surface area (TPSA) is 107 Å². The number of rotatable bonds is 10. The lowest BCUT2D eigenvalue weighted by atomic mass is 9.92. The van der Waals surface area contributed by atoms with Crippen molar-refractivity contribution in [3.8, 4) is 0 Å². The second kappa shape index (κ2) is 10.6. The number of hydrogen-bond acceptors (Lipinski definition) is 6. The smallest absolute Gasteiger partial charge is 0.338 e.